The number of amides is 1. The third kappa shape index (κ3) is 0.926. The van der Waals surface area contributed by atoms with Crippen molar-refractivity contribution in [1.29, 1.82) is 0 Å². The quantitative estimate of drug-likeness (QED) is 0.535. The van der Waals surface area contributed by atoms with E-state index in [0.717, 1.165) is 0 Å². The zero-order valence-corrected chi connectivity index (χ0v) is 6.37. The van der Waals surface area contributed by atoms with Crippen LogP contribution >= 0.6 is 0 Å². The summed E-state index contributed by atoms with van der Waals surface area (Å²) in [5, 5.41) is 2.87. The molecule has 0 radical (unpaired) electrons. The first-order valence-electron chi connectivity index (χ1n) is 3.66. The van der Waals surface area contributed by atoms with Crippen molar-refractivity contribution >= 4 is 5.91 Å². The Morgan fingerprint density at radius 3 is 3.27 bits per heavy atom. The molecule has 0 aromatic heterocycles. The average Bonchev–Trinajstić information content (AvgIpc) is 2.31. The summed E-state index contributed by atoms with van der Waals surface area (Å²) in [5.74, 6) is 0.122. The lowest BCUT2D eigenvalue weighted by Gasteiger charge is -2.25. The molecule has 2 heterocycles. The van der Waals surface area contributed by atoms with Gasteiger partial charge in [-0.05, 0) is 11.6 Å². The molecule has 0 aromatic rings. The average molecular weight is 150 g/mol. The predicted molar refractivity (Wildman–Crippen MR) is 41.5 cm³/mol. The molecule has 1 saturated heterocycles. The topological polar surface area (TPSA) is 32.3 Å². The number of nitrogens with zero attached hydrogens (tertiary/aromatic N) is 1. The van der Waals surface area contributed by atoms with Crippen molar-refractivity contribution in [3.63, 3.8) is 0 Å². The molecule has 0 aliphatic carbocycles. The summed E-state index contributed by atoms with van der Waals surface area (Å²) in [6.45, 7) is 0. The molecule has 0 aromatic carbocycles. The molecule has 1 amide bonds. The minimum absolute atomic E-state index is 0.118. The molecular weight excluding hydrogens is 140 g/mol. The zero-order valence-electron chi connectivity index (χ0n) is 6.37. The molecule has 1 fully saturated rings. The first-order chi connectivity index (χ1) is 5.27. The van der Waals surface area contributed by atoms with E-state index in [-0.39, 0.29) is 12.1 Å². The molecule has 2 aliphatic rings. The summed E-state index contributed by atoms with van der Waals surface area (Å²) >= 11 is 0. The van der Waals surface area contributed by atoms with Crippen molar-refractivity contribution in [2.45, 2.75) is 12.6 Å². The fraction of sp³-hybridized carbons (Fsp3) is 0.375. The molecule has 0 bridgehead atoms. The molecule has 11 heavy (non-hydrogen) atoms. The Morgan fingerprint density at radius 1 is 1.73 bits per heavy atom. The number of hydrogen-bond acceptors (Lipinski definition) is 2. The van der Waals surface area contributed by atoms with Gasteiger partial charge in [-0.15, -0.1) is 0 Å². The van der Waals surface area contributed by atoms with Crippen LogP contribution < -0.4 is 5.32 Å². The summed E-state index contributed by atoms with van der Waals surface area (Å²) in [5.41, 5.74) is 1.17. The summed E-state index contributed by atoms with van der Waals surface area (Å²) in [7, 11) is 1.96. The fourth-order valence-electron chi connectivity index (χ4n) is 1.48. The second kappa shape index (κ2) is 2.12. The van der Waals surface area contributed by atoms with Crippen LogP contribution in [-0.4, -0.2) is 24.0 Å². The van der Waals surface area contributed by atoms with Crippen LogP contribution in [0.2, 0.25) is 0 Å². The maximum Gasteiger partial charge on any atom is 0.226 e. The summed E-state index contributed by atoms with van der Waals surface area (Å²) in [4.78, 5) is 12.9. The van der Waals surface area contributed by atoms with Crippen LogP contribution in [0, 0.1) is 0 Å². The van der Waals surface area contributed by atoms with Crippen molar-refractivity contribution in [3.05, 3.63) is 23.9 Å². The Labute approximate surface area is 65.4 Å². The highest BCUT2D eigenvalue weighted by atomic mass is 16.2. The van der Waals surface area contributed by atoms with Gasteiger partial charge in [0.1, 0.15) is 6.17 Å². The smallest absolute Gasteiger partial charge is 0.226 e. The lowest BCUT2D eigenvalue weighted by Crippen LogP contribution is -2.39. The Hall–Kier alpha value is -1.25. The summed E-state index contributed by atoms with van der Waals surface area (Å²) < 4.78 is 0. The van der Waals surface area contributed by atoms with Crippen molar-refractivity contribution in [3.8, 4) is 0 Å². The van der Waals surface area contributed by atoms with E-state index < -0.39 is 0 Å². The third-order valence-electron chi connectivity index (χ3n) is 2.05. The summed E-state index contributed by atoms with van der Waals surface area (Å²) in [6, 6.07) is 0. The van der Waals surface area contributed by atoms with E-state index in [9.17, 15) is 4.79 Å². The van der Waals surface area contributed by atoms with E-state index in [2.05, 4.69) is 5.32 Å². The highest BCUT2D eigenvalue weighted by Gasteiger charge is 2.29. The van der Waals surface area contributed by atoms with Crippen LogP contribution in [-0.2, 0) is 4.79 Å². The number of fused-ring (bicyclic) bond motifs is 1. The molecule has 1 N–H and O–H groups in total. The molecule has 3 nitrogen and oxygen atoms in total. The molecule has 0 spiro atoms. The normalized spacial score (nSPS) is 28.1. The highest BCUT2D eigenvalue weighted by Crippen LogP contribution is 2.20. The zero-order chi connectivity index (χ0) is 7.84. The van der Waals surface area contributed by atoms with Gasteiger partial charge in [-0.1, -0.05) is 6.08 Å². The van der Waals surface area contributed by atoms with Crippen LogP contribution in [0.4, 0.5) is 0 Å². The van der Waals surface area contributed by atoms with E-state index in [4.69, 9.17) is 0 Å². The van der Waals surface area contributed by atoms with E-state index >= 15 is 0 Å². The largest absolute Gasteiger partial charge is 0.357 e. The van der Waals surface area contributed by atoms with Crippen LogP contribution in [0.15, 0.2) is 23.9 Å². The minimum atomic E-state index is 0.118. The fourth-order valence-corrected chi connectivity index (χ4v) is 1.48. The van der Waals surface area contributed by atoms with Crippen molar-refractivity contribution < 1.29 is 4.79 Å². The Kier molecular flexibility index (Phi) is 1.24. The van der Waals surface area contributed by atoms with Gasteiger partial charge in [0.2, 0.25) is 5.91 Å². The first-order valence-corrected chi connectivity index (χ1v) is 3.66. The maximum absolute atomic E-state index is 10.9. The van der Waals surface area contributed by atoms with Gasteiger partial charge in [0.25, 0.3) is 0 Å². The van der Waals surface area contributed by atoms with E-state index in [0.29, 0.717) is 6.42 Å². The first kappa shape index (κ1) is 6.46. The Balaban J connectivity index is 2.28. The van der Waals surface area contributed by atoms with Crippen LogP contribution in [0.5, 0.6) is 0 Å². The molecule has 1 atom stereocenters. The molecule has 2 rings (SSSR count). The maximum atomic E-state index is 10.9. The van der Waals surface area contributed by atoms with Gasteiger partial charge in [-0.25, -0.2) is 0 Å². The number of carbonyl (C=O) groups is 1. The number of allylic oxidation sites excluding steroid dienone is 2. The number of nitrogens with one attached hydrogen (secondary N) is 1. The van der Waals surface area contributed by atoms with Gasteiger partial charge in [-0.2, -0.15) is 0 Å². The monoisotopic (exact) mass is 150 g/mol. The molecule has 0 saturated carbocycles. The van der Waals surface area contributed by atoms with Gasteiger partial charge in [0.05, 0.1) is 6.42 Å². The molecule has 58 valence electrons. The van der Waals surface area contributed by atoms with Crippen molar-refractivity contribution in [2.24, 2.45) is 0 Å². The SMILES string of the molecule is CN1C=CC=C2CC(=O)NC21. The van der Waals surface area contributed by atoms with Gasteiger partial charge < -0.3 is 10.2 Å². The second-order valence-corrected chi connectivity index (χ2v) is 2.90. The van der Waals surface area contributed by atoms with Gasteiger partial charge in [0, 0.05) is 13.2 Å². The van der Waals surface area contributed by atoms with Gasteiger partial charge in [-0.3, -0.25) is 4.79 Å². The number of rotatable bonds is 0. The van der Waals surface area contributed by atoms with Crippen LogP contribution in [0.3, 0.4) is 0 Å². The standard InChI is InChI=1S/C8H10N2O/c1-10-4-2-3-6-5-7(11)9-8(6)10/h2-4,8H,5H2,1H3,(H,9,11). The Bertz CT molecular complexity index is 255. The number of hydrogen-bond donors (Lipinski definition) is 1. The van der Waals surface area contributed by atoms with Gasteiger partial charge >= 0.3 is 0 Å². The van der Waals surface area contributed by atoms with Gasteiger partial charge in [0.15, 0.2) is 0 Å². The number of likely N-dealkylation sites (N-methyl/N-ethyl adjacent to an activating group) is 1. The predicted octanol–water partition coefficient (Wildman–Crippen LogP) is 0.218. The molecule has 3 heteroatoms. The minimum Gasteiger partial charge on any atom is -0.357 e. The van der Waals surface area contributed by atoms with Crippen molar-refractivity contribution in [1.82, 2.24) is 10.2 Å². The van der Waals surface area contributed by atoms with Crippen molar-refractivity contribution in [2.75, 3.05) is 7.05 Å². The second-order valence-electron chi connectivity index (χ2n) is 2.90. The van der Waals surface area contributed by atoms with E-state index in [1.807, 2.05) is 30.3 Å². The van der Waals surface area contributed by atoms with E-state index in [1.54, 1.807) is 0 Å². The number of carbonyl (C=O) groups excluding carboxylic acids is 1. The Morgan fingerprint density at radius 2 is 2.55 bits per heavy atom. The van der Waals surface area contributed by atoms with Crippen LogP contribution in [0.25, 0.3) is 0 Å². The molecule has 1 unspecified atom stereocenters. The molecular formula is C8H10N2O. The van der Waals surface area contributed by atoms with E-state index in [1.165, 1.54) is 5.57 Å². The van der Waals surface area contributed by atoms with Crippen LogP contribution in [0.1, 0.15) is 6.42 Å². The lowest BCUT2D eigenvalue weighted by atomic mass is 10.1. The summed E-state index contributed by atoms with van der Waals surface area (Å²) in [6.07, 6.45) is 6.60. The third-order valence-corrected chi connectivity index (χ3v) is 2.05. The highest BCUT2D eigenvalue weighted by molar-refractivity contribution is 5.83. The molecule has 2 aliphatic heterocycles. The lowest BCUT2D eigenvalue weighted by molar-refractivity contribution is -0.119.